The van der Waals surface area contributed by atoms with Crippen LogP contribution in [0.4, 0.5) is 10.5 Å². The normalized spacial score (nSPS) is 10.4. The number of hydrogen-bond donors (Lipinski definition) is 2. The molecule has 0 radical (unpaired) electrons. The van der Waals surface area contributed by atoms with Crippen LogP contribution in [0.25, 0.3) is 0 Å². The Kier molecular flexibility index (Phi) is 6.98. The first kappa shape index (κ1) is 20.3. The van der Waals surface area contributed by atoms with E-state index < -0.39 is 11.9 Å². The van der Waals surface area contributed by atoms with Crippen LogP contribution in [0.2, 0.25) is 10.0 Å². The molecule has 0 unspecified atom stereocenters. The van der Waals surface area contributed by atoms with Crippen molar-refractivity contribution in [3.05, 3.63) is 94.0 Å². The molecule has 3 aromatic carbocycles. The van der Waals surface area contributed by atoms with Crippen LogP contribution < -0.4 is 10.6 Å². The lowest BCUT2D eigenvalue weighted by molar-refractivity contribution is 0.0967. The Bertz CT molecular complexity index is 997. The summed E-state index contributed by atoms with van der Waals surface area (Å²) in [6.07, 6.45) is 0. The summed E-state index contributed by atoms with van der Waals surface area (Å²) in [7, 11) is 0. The summed E-state index contributed by atoms with van der Waals surface area (Å²) >= 11 is 13.9. The molecule has 3 rings (SSSR count). The summed E-state index contributed by atoms with van der Waals surface area (Å²) in [5.74, 6) is 0.212. The quantitative estimate of drug-likeness (QED) is 0.470. The number of carbonyl (C=O) groups is 2. The van der Waals surface area contributed by atoms with E-state index in [1.807, 2.05) is 24.3 Å². The van der Waals surface area contributed by atoms with Crippen molar-refractivity contribution in [3.8, 4) is 0 Å². The van der Waals surface area contributed by atoms with Crippen LogP contribution in [0.15, 0.2) is 77.7 Å². The van der Waals surface area contributed by atoms with E-state index in [1.54, 1.807) is 48.2 Å². The topological polar surface area (TPSA) is 58.2 Å². The molecule has 0 atom stereocenters. The van der Waals surface area contributed by atoms with Crippen LogP contribution in [0.3, 0.4) is 0 Å². The van der Waals surface area contributed by atoms with E-state index in [4.69, 9.17) is 23.2 Å². The van der Waals surface area contributed by atoms with E-state index in [0.29, 0.717) is 10.7 Å². The third kappa shape index (κ3) is 5.52. The number of urea groups is 1. The number of nitrogens with one attached hydrogen (secondary N) is 2. The fraction of sp³-hybridized carbons (Fsp3) is 0.0476. The molecule has 0 aromatic heterocycles. The lowest BCUT2D eigenvalue weighted by Gasteiger charge is -2.10. The monoisotopic (exact) mass is 430 g/mol. The number of hydrogen-bond acceptors (Lipinski definition) is 3. The van der Waals surface area contributed by atoms with Crippen molar-refractivity contribution < 1.29 is 9.59 Å². The van der Waals surface area contributed by atoms with Gasteiger partial charge in [0, 0.05) is 16.3 Å². The molecule has 0 aliphatic heterocycles. The summed E-state index contributed by atoms with van der Waals surface area (Å²) in [5, 5.41) is 5.64. The second-order valence-corrected chi connectivity index (χ2v) is 7.64. The zero-order valence-electron chi connectivity index (χ0n) is 14.6. The maximum Gasteiger partial charge on any atom is 0.326 e. The number of amides is 3. The first-order valence-corrected chi connectivity index (χ1v) is 10.1. The fourth-order valence-electron chi connectivity index (χ4n) is 2.41. The van der Waals surface area contributed by atoms with Gasteiger partial charge in [0.15, 0.2) is 0 Å². The Morgan fingerprint density at radius 2 is 1.57 bits per heavy atom. The highest BCUT2D eigenvalue weighted by molar-refractivity contribution is 7.98. The Labute approximate surface area is 177 Å². The van der Waals surface area contributed by atoms with E-state index in [9.17, 15) is 9.59 Å². The Morgan fingerprint density at radius 3 is 2.29 bits per heavy atom. The first-order valence-electron chi connectivity index (χ1n) is 8.36. The number of rotatable bonds is 5. The minimum Gasteiger partial charge on any atom is -0.308 e. The highest BCUT2D eigenvalue weighted by Crippen LogP contribution is 2.31. The van der Waals surface area contributed by atoms with E-state index in [2.05, 4.69) is 22.8 Å². The van der Waals surface area contributed by atoms with Crippen LogP contribution in [0.1, 0.15) is 15.9 Å². The highest BCUT2D eigenvalue weighted by Gasteiger charge is 2.13. The average Bonchev–Trinajstić information content (AvgIpc) is 2.68. The second kappa shape index (κ2) is 9.64. The second-order valence-electron chi connectivity index (χ2n) is 5.81. The van der Waals surface area contributed by atoms with Crippen molar-refractivity contribution in [2.24, 2.45) is 0 Å². The first-order chi connectivity index (χ1) is 13.5. The summed E-state index contributed by atoms with van der Waals surface area (Å²) in [4.78, 5) is 25.1. The van der Waals surface area contributed by atoms with Crippen LogP contribution >= 0.6 is 35.0 Å². The molecule has 3 amide bonds. The van der Waals surface area contributed by atoms with Gasteiger partial charge in [-0.25, -0.2) is 4.79 Å². The van der Waals surface area contributed by atoms with Crippen molar-refractivity contribution in [2.45, 2.75) is 10.6 Å². The average molecular weight is 431 g/mol. The van der Waals surface area contributed by atoms with Crippen molar-refractivity contribution in [1.29, 1.82) is 0 Å². The van der Waals surface area contributed by atoms with Gasteiger partial charge in [-0.3, -0.25) is 10.1 Å². The van der Waals surface area contributed by atoms with Crippen LogP contribution in [0.5, 0.6) is 0 Å². The molecule has 0 spiro atoms. The van der Waals surface area contributed by atoms with Crippen LogP contribution in [-0.4, -0.2) is 11.9 Å². The highest BCUT2D eigenvalue weighted by atomic mass is 35.5. The summed E-state index contributed by atoms with van der Waals surface area (Å²) in [6.45, 7) is 0. The molecule has 0 heterocycles. The maximum atomic E-state index is 12.1. The van der Waals surface area contributed by atoms with E-state index >= 15 is 0 Å². The Balaban J connectivity index is 1.58. The third-order valence-corrected chi connectivity index (χ3v) is 5.67. The van der Waals surface area contributed by atoms with Gasteiger partial charge in [-0.1, -0.05) is 65.7 Å². The summed E-state index contributed by atoms with van der Waals surface area (Å²) in [6, 6.07) is 21.1. The predicted octanol–water partition coefficient (Wildman–Crippen LogP) is 6.25. The summed E-state index contributed by atoms with van der Waals surface area (Å²) < 4.78 is 0. The van der Waals surface area contributed by atoms with Crippen molar-refractivity contribution >= 4 is 52.6 Å². The predicted molar refractivity (Wildman–Crippen MR) is 115 cm³/mol. The molecule has 0 bridgehead atoms. The molecule has 3 aromatic rings. The van der Waals surface area contributed by atoms with E-state index in [1.165, 1.54) is 5.56 Å². The molecule has 0 saturated heterocycles. The molecule has 7 heteroatoms. The van der Waals surface area contributed by atoms with Gasteiger partial charge in [0.25, 0.3) is 5.91 Å². The lowest BCUT2D eigenvalue weighted by atomic mass is 10.2. The van der Waals surface area contributed by atoms with Gasteiger partial charge in [0.1, 0.15) is 0 Å². The Morgan fingerprint density at radius 1 is 0.857 bits per heavy atom. The van der Waals surface area contributed by atoms with Gasteiger partial charge in [-0.05, 0) is 35.9 Å². The molecule has 2 N–H and O–H groups in total. The minimum absolute atomic E-state index is 0.227. The largest absolute Gasteiger partial charge is 0.326 e. The number of halogens is 2. The number of benzene rings is 3. The maximum absolute atomic E-state index is 12.1. The van der Waals surface area contributed by atoms with Gasteiger partial charge in [0.05, 0.1) is 15.6 Å². The van der Waals surface area contributed by atoms with Gasteiger partial charge < -0.3 is 5.32 Å². The molecule has 0 aliphatic rings. The SMILES string of the molecule is O=C(NC(=O)c1ccccc1Cl)Nc1ccc(SCc2ccccc2)c(Cl)c1. The zero-order valence-corrected chi connectivity index (χ0v) is 16.9. The number of imide groups is 1. The molecule has 0 fully saturated rings. The van der Waals surface area contributed by atoms with Crippen LogP contribution in [-0.2, 0) is 5.75 Å². The summed E-state index contributed by atoms with van der Waals surface area (Å²) in [5.41, 5.74) is 1.91. The molecule has 0 aliphatic carbocycles. The molecule has 4 nitrogen and oxygen atoms in total. The van der Waals surface area contributed by atoms with Gasteiger partial charge in [0.2, 0.25) is 0 Å². The van der Waals surface area contributed by atoms with Gasteiger partial charge in [-0.2, -0.15) is 0 Å². The third-order valence-electron chi connectivity index (χ3n) is 3.77. The van der Waals surface area contributed by atoms with Crippen molar-refractivity contribution in [3.63, 3.8) is 0 Å². The number of thioether (sulfide) groups is 1. The molecule has 142 valence electrons. The molecular formula is C21H16Cl2N2O2S. The molecule has 0 saturated carbocycles. The van der Waals surface area contributed by atoms with Gasteiger partial charge in [-0.15, -0.1) is 11.8 Å². The standard InChI is InChI=1S/C21H16Cl2N2O2S/c22-17-9-5-4-8-16(17)20(26)25-21(27)24-15-10-11-19(18(23)12-15)28-13-14-6-2-1-3-7-14/h1-12H,13H2,(H2,24,25,26,27). The number of carbonyl (C=O) groups excluding carboxylic acids is 2. The van der Waals surface area contributed by atoms with Crippen molar-refractivity contribution in [2.75, 3.05) is 5.32 Å². The van der Waals surface area contributed by atoms with Gasteiger partial charge >= 0.3 is 6.03 Å². The van der Waals surface area contributed by atoms with Crippen LogP contribution in [0, 0.1) is 0 Å². The van der Waals surface area contributed by atoms with E-state index in [-0.39, 0.29) is 10.6 Å². The fourth-order valence-corrected chi connectivity index (χ4v) is 3.85. The molecular weight excluding hydrogens is 415 g/mol. The Hall–Kier alpha value is -2.47. The minimum atomic E-state index is -0.661. The number of anilines is 1. The lowest BCUT2D eigenvalue weighted by Crippen LogP contribution is -2.34. The zero-order chi connectivity index (χ0) is 19.9. The van der Waals surface area contributed by atoms with E-state index in [0.717, 1.165) is 10.6 Å². The van der Waals surface area contributed by atoms with Crippen molar-refractivity contribution in [1.82, 2.24) is 5.32 Å². The smallest absolute Gasteiger partial charge is 0.308 e. The molecule has 28 heavy (non-hydrogen) atoms.